The van der Waals surface area contributed by atoms with Crippen molar-refractivity contribution in [2.75, 3.05) is 33.2 Å². The second-order valence-electron chi connectivity index (χ2n) is 9.60. The fourth-order valence-corrected chi connectivity index (χ4v) is 4.51. The van der Waals surface area contributed by atoms with Gasteiger partial charge in [-0.1, -0.05) is 36.4 Å². The molecule has 0 aliphatic rings. The van der Waals surface area contributed by atoms with Gasteiger partial charge in [0.15, 0.2) is 11.5 Å². The summed E-state index contributed by atoms with van der Waals surface area (Å²) < 4.78 is 16.1. The molecular formula is C33H30N4O5. The number of aromatic nitrogens is 1. The minimum atomic E-state index is -0.550. The van der Waals surface area contributed by atoms with E-state index in [4.69, 9.17) is 14.2 Å². The number of hydrogen-bond acceptors (Lipinski definition) is 7. The minimum Gasteiger partial charge on any atom is -0.497 e. The number of nitrogens with one attached hydrogen (secondary N) is 2. The zero-order chi connectivity index (χ0) is 29.6. The molecule has 4 aromatic carbocycles. The molecule has 1 heterocycles. The first-order valence-corrected chi connectivity index (χ1v) is 13.1. The summed E-state index contributed by atoms with van der Waals surface area (Å²) in [4.78, 5) is 31.3. The van der Waals surface area contributed by atoms with Gasteiger partial charge in [-0.2, -0.15) is 5.10 Å². The van der Waals surface area contributed by atoms with Crippen molar-refractivity contribution < 1.29 is 23.8 Å². The molecule has 0 fully saturated rings. The van der Waals surface area contributed by atoms with E-state index >= 15 is 0 Å². The molecule has 42 heavy (non-hydrogen) atoms. The smallest absolute Gasteiger partial charge is 0.343 e. The maximum absolute atomic E-state index is 13.3. The number of carbonyl (C=O) groups excluding carboxylic acids is 2. The number of fused-ring (bicyclic) bond motifs is 1. The standard InChI is InChI=1S/C33H30N4O5/c1-37(2)24-14-15-27-26(19-24)30(22-9-6-5-7-10-22)31(35-27)32(38)36-34-20-21-13-16-28(29(17-21)41-4)42-33(39)23-11-8-12-25(18-23)40-3/h5-20,35H,1-4H3,(H,36,38). The van der Waals surface area contributed by atoms with Gasteiger partial charge in [-0.25, -0.2) is 10.2 Å². The molecular weight excluding hydrogens is 532 g/mol. The van der Waals surface area contributed by atoms with Crippen LogP contribution in [0.2, 0.25) is 0 Å². The average Bonchev–Trinajstić information content (AvgIpc) is 3.41. The third-order valence-corrected chi connectivity index (χ3v) is 6.66. The number of carbonyl (C=O) groups is 2. The van der Waals surface area contributed by atoms with Crippen LogP contribution in [0.5, 0.6) is 17.2 Å². The highest BCUT2D eigenvalue weighted by Gasteiger charge is 2.20. The van der Waals surface area contributed by atoms with Crippen molar-refractivity contribution in [3.8, 4) is 28.4 Å². The van der Waals surface area contributed by atoms with Crippen LogP contribution in [-0.4, -0.2) is 51.4 Å². The molecule has 5 rings (SSSR count). The molecule has 0 aliphatic carbocycles. The second kappa shape index (κ2) is 12.3. The molecule has 0 spiro atoms. The third-order valence-electron chi connectivity index (χ3n) is 6.66. The van der Waals surface area contributed by atoms with Gasteiger partial charge in [-0.15, -0.1) is 0 Å². The molecule has 0 radical (unpaired) electrons. The molecule has 2 N–H and O–H groups in total. The average molecular weight is 563 g/mol. The summed E-state index contributed by atoms with van der Waals surface area (Å²) in [6.45, 7) is 0. The number of methoxy groups -OCH3 is 2. The molecule has 9 nitrogen and oxygen atoms in total. The lowest BCUT2D eigenvalue weighted by atomic mass is 10.0. The zero-order valence-electron chi connectivity index (χ0n) is 23.7. The first-order chi connectivity index (χ1) is 20.4. The van der Waals surface area contributed by atoms with E-state index in [9.17, 15) is 9.59 Å². The molecule has 5 aromatic rings. The van der Waals surface area contributed by atoms with Crippen LogP contribution in [0.15, 0.2) is 96.1 Å². The SMILES string of the molecule is COc1cccc(C(=O)Oc2ccc(C=NNC(=O)c3[nH]c4ccc(N(C)C)cc4c3-c3ccccc3)cc2OC)c1. The highest BCUT2D eigenvalue weighted by atomic mass is 16.6. The molecule has 1 aromatic heterocycles. The summed E-state index contributed by atoms with van der Waals surface area (Å²) in [7, 11) is 6.96. The van der Waals surface area contributed by atoms with Crippen LogP contribution < -0.4 is 24.5 Å². The summed E-state index contributed by atoms with van der Waals surface area (Å²) in [6, 6.07) is 27.4. The fourth-order valence-electron chi connectivity index (χ4n) is 4.51. The fraction of sp³-hybridized carbons (Fsp3) is 0.121. The lowest BCUT2D eigenvalue weighted by Crippen LogP contribution is -2.18. The number of ether oxygens (including phenoxy) is 3. The number of anilines is 1. The van der Waals surface area contributed by atoms with Crippen molar-refractivity contribution in [1.82, 2.24) is 10.4 Å². The van der Waals surface area contributed by atoms with Crippen molar-refractivity contribution >= 4 is 34.7 Å². The quantitative estimate of drug-likeness (QED) is 0.100. The number of benzene rings is 4. The summed E-state index contributed by atoms with van der Waals surface area (Å²) in [5.74, 6) is 0.190. The monoisotopic (exact) mass is 562 g/mol. The van der Waals surface area contributed by atoms with Crippen molar-refractivity contribution in [1.29, 1.82) is 0 Å². The number of rotatable bonds is 9. The Morgan fingerprint density at radius 1 is 0.857 bits per heavy atom. The van der Waals surface area contributed by atoms with Crippen LogP contribution in [0.1, 0.15) is 26.4 Å². The maximum atomic E-state index is 13.3. The van der Waals surface area contributed by atoms with Gasteiger partial charge in [0.2, 0.25) is 0 Å². The third kappa shape index (κ3) is 5.95. The Morgan fingerprint density at radius 3 is 2.40 bits per heavy atom. The molecule has 0 bridgehead atoms. The second-order valence-corrected chi connectivity index (χ2v) is 9.60. The zero-order valence-corrected chi connectivity index (χ0v) is 23.7. The molecule has 212 valence electrons. The molecule has 0 saturated heterocycles. The summed E-state index contributed by atoms with van der Waals surface area (Å²) in [5, 5.41) is 5.11. The van der Waals surface area contributed by atoms with Crippen molar-refractivity contribution in [2.45, 2.75) is 0 Å². The molecule has 0 aliphatic heterocycles. The highest BCUT2D eigenvalue weighted by Crippen LogP contribution is 2.35. The van der Waals surface area contributed by atoms with E-state index in [1.165, 1.54) is 20.4 Å². The van der Waals surface area contributed by atoms with Crippen LogP contribution in [0, 0.1) is 0 Å². The van der Waals surface area contributed by atoms with Crippen LogP contribution >= 0.6 is 0 Å². The Labute approximate surface area is 243 Å². The lowest BCUT2D eigenvalue weighted by molar-refractivity contribution is 0.0729. The van der Waals surface area contributed by atoms with Crippen molar-refractivity contribution in [3.63, 3.8) is 0 Å². The van der Waals surface area contributed by atoms with Crippen molar-refractivity contribution in [3.05, 3.63) is 108 Å². The largest absolute Gasteiger partial charge is 0.497 e. The molecule has 0 unspecified atom stereocenters. The normalized spacial score (nSPS) is 11.0. The van der Waals surface area contributed by atoms with Gasteiger partial charge in [0.25, 0.3) is 5.91 Å². The van der Waals surface area contributed by atoms with E-state index in [1.807, 2.05) is 61.5 Å². The van der Waals surface area contributed by atoms with E-state index in [0.29, 0.717) is 28.3 Å². The van der Waals surface area contributed by atoms with Crippen LogP contribution in [0.25, 0.3) is 22.0 Å². The Hall–Kier alpha value is -5.57. The highest BCUT2D eigenvalue weighted by molar-refractivity contribution is 6.10. The predicted octanol–water partition coefficient (Wildman–Crippen LogP) is 5.90. The number of H-pyrrole nitrogens is 1. The molecule has 9 heteroatoms. The number of nitrogens with zero attached hydrogens (tertiary/aromatic N) is 2. The Balaban J connectivity index is 1.36. The van der Waals surface area contributed by atoms with E-state index in [1.54, 1.807) is 42.5 Å². The summed E-state index contributed by atoms with van der Waals surface area (Å²) in [5.41, 5.74) is 7.58. The van der Waals surface area contributed by atoms with Gasteiger partial charge >= 0.3 is 5.97 Å². The predicted molar refractivity (Wildman–Crippen MR) is 164 cm³/mol. The number of hydrazone groups is 1. The van der Waals surface area contributed by atoms with Gasteiger partial charge in [0.05, 0.1) is 26.0 Å². The molecule has 1 amide bonds. The maximum Gasteiger partial charge on any atom is 0.343 e. The van der Waals surface area contributed by atoms with Crippen LogP contribution in [0.3, 0.4) is 0 Å². The molecule has 0 atom stereocenters. The number of hydrogen-bond donors (Lipinski definition) is 2. The van der Waals surface area contributed by atoms with E-state index < -0.39 is 5.97 Å². The topological polar surface area (TPSA) is 105 Å². The van der Waals surface area contributed by atoms with Crippen LogP contribution in [0.4, 0.5) is 5.69 Å². The van der Waals surface area contributed by atoms with Gasteiger partial charge < -0.3 is 24.1 Å². The van der Waals surface area contributed by atoms with Gasteiger partial charge in [-0.3, -0.25) is 4.79 Å². The summed E-state index contributed by atoms with van der Waals surface area (Å²) in [6.07, 6.45) is 1.49. The van der Waals surface area contributed by atoms with Gasteiger partial charge in [-0.05, 0) is 65.7 Å². The number of amides is 1. The Morgan fingerprint density at radius 2 is 1.67 bits per heavy atom. The number of esters is 1. The number of aromatic amines is 1. The first kappa shape index (κ1) is 28.0. The van der Waals surface area contributed by atoms with Crippen LogP contribution in [-0.2, 0) is 0 Å². The molecule has 0 saturated carbocycles. The van der Waals surface area contributed by atoms with E-state index in [-0.39, 0.29) is 11.7 Å². The Bertz CT molecular complexity index is 1780. The Kier molecular flexibility index (Phi) is 8.19. The van der Waals surface area contributed by atoms with E-state index in [0.717, 1.165) is 27.7 Å². The lowest BCUT2D eigenvalue weighted by Gasteiger charge is -2.12. The van der Waals surface area contributed by atoms with Gasteiger partial charge in [0.1, 0.15) is 11.4 Å². The van der Waals surface area contributed by atoms with E-state index in [2.05, 4.69) is 21.6 Å². The summed E-state index contributed by atoms with van der Waals surface area (Å²) >= 11 is 0. The van der Waals surface area contributed by atoms with Crippen molar-refractivity contribution in [2.24, 2.45) is 5.10 Å². The first-order valence-electron chi connectivity index (χ1n) is 13.1. The minimum absolute atomic E-state index is 0.245. The van der Waals surface area contributed by atoms with Gasteiger partial charge in [0, 0.05) is 36.2 Å².